The van der Waals surface area contributed by atoms with Gasteiger partial charge in [-0.3, -0.25) is 0 Å². The van der Waals surface area contributed by atoms with Gasteiger partial charge in [0.2, 0.25) is 0 Å². The first kappa shape index (κ1) is 15.1. The predicted octanol–water partition coefficient (Wildman–Crippen LogP) is 0.950. The molecule has 0 aromatic rings. The minimum Gasteiger partial charge on any atom is -0.693 e. The van der Waals surface area contributed by atoms with Crippen molar-refractivity contribution in [2.45, 2.75) is 52.9 Å². The largest absolute Gasteiger partial charge is 1.00 e. The molecule has 1 fully saturated rings. The van der Waals surface area contributed by atoms with Gasteiger partial charge < -0.3 is 11.0 Å². The van der Waals surface area contributed by atoms with Crippen LogP contribution in [-0.2, 0) is 4.74 Å². The minimum absolute atomic E-state index is 0. The van der Waals surface area contributed by atoms with E-state index in [4.69, 9.17) is 4.74 Å². The van der Waals surface area contributed by atoms with E-state index in [1.165, 1.54) is 32.1 Å². The van der Waals surface area contributed by atoms with Crippen LogP contribution in [-0.4, -0.2) is 6.61 Å². The molecule has 0 spiro atoms. The fourth-order valence-electron chi connectivity index (χ4n) is 1.74. The van der Waals surface area contributed by atoms with E-state index in [2.05, 4.69) is 27.0 Å². The molecule has 0 saturated heterocycles. The molecule has 0 aromatic heterocycles. The second-order valence-corrected chi connectivity index (χ2v) is 5.44. The minimum atomic E-state index is 0. The van der Waals surface area contributed by atoms with Crippen molar-refractivity contribution >= 4 is 0 Å². The molecule has 1 aliphatic rings. The van der Waals surface area contributed by atoms with Crippen LogP contribution >= 0.6 is 0 Å². The molecule has 1 rings (SSSR count). The van der Waals surface area contributed by atoms with E-state index < -0.39 is 0 Å². The van der Waals surface area contributed by atoms with Gasteiger partial charge in [0, 0.05) is 6.61 Å². The standard InChI is InChI=1S/C13H23O.Li/c1-13(2,3)9-10-14-11-12-7-5-4-6-8-12;/h9,12H,4-8,11H2,1-3H3;/q-1;+1. The Balaban J connectivity index is 0.00000196. The SMILES string of the molecule is CC(C)(C)C=[C-]OCC1CCCCC1.[Li+]. The van der Waals surface area contributed by atoms with Crippen LogP contribution in [0.15, 0.2) is 6.08 Å². The maximum Gasteiger partial charge on any atom is 1.00 e. The van der Waals surface area contributed by atoms with Crippen LogP contribution in [0.1, 0.15) is 52.9 Å². The van der Waals surface area contributed by atoms with Gasteiger partial charge in [0.05, 0.1) is 0 Å². The van der Waals surface area contributed by atoms with Crippen molar-refractivity contribution < 1.29 is 23.6 Å². The zero-order valence-electron chi connectivity index (χ0n) is 10.8. The van der Waals surface area contributed by atoms with E-state index in [-0.39, 0.29) is 24.3 Å². The summed E-state index contributed by atoms with van der Waals surface area (Å²) in [6.45, 7) is 7.34. The maximum absolute atomic E-state index is 5.44. The van der Waals surface area contributed by atoms with Crippen molar-refractivity contribution in [1.82, 2.24) is 0 Å². The van der Waals surface area contributed by atoms with Gasteiger partial charge in [0.1, 0.15) is 0 Å². The van der Waals surface area contributed by atoms with E-state index in [1.807, 2.05) is 6.08 Å². The number of rotatable bonds is 3. The van der Waals surface area contributed by atoms with Crippen LogP contribution < -0.4 is 18.9 Å². The summed E-state index contributed by atoms with van der Waals surface area (Å²) in [4.78, 5) is 0. The van der Waals surface area contributed by atoms with Crippen molar-refractivity contribution in [1.29, 1.82) is 0 Å². The third-order valence-electron chi connectivity index (χ3n) is 2.62. The van der Waals surface area contributed by atoms with Gasteiger partial charge in [-0.05, 0) is 24.2 Å². The van der Waals surface area contributed by atoms with Crippen LogP contribution in [0.3, 0.4) is 0 Å². The summed E-state index contributed by atoms with van der Waals surface area (Å²) >= 11 is 0. The topological polar surface area (TPSA) is 9.23 Å². The zero-order chi connectivity index (χ0) is 10.4. The van der Waals surface area contributed by atoms with Crippen LogP contribution in [0.2, 0.25) is 0 Å². The Labute approximate surface area is 107 Å². The summed E-state index contributed by atoms with van der Waals surface area (Å²) in [5.41, 5.74) is 0.187. The monoisotopic (exact) mass is 202 g/mol. The molecule has 15 heavy (non-hydrogen) atoms. The Morgan fingerprint density at radius 2 is 1.80 bits per heavy atom. The summed E-state index contributed by atoms with van der Waals surface area (Å²) in [6, 6.07) is 0. The fourth-order valence-corrected chi connectivity index (χ4v) is 1.74. The Morgan fingerprint density at radius 1 is 1.20 bits per heavy atom. The molecule has 0 heterocycles. The number of ether oxygens (including phenoxy) is 1. The van der Waals surface area contributed by atoms with E-state index in [1.54, 1.807) is 0 Å². The Kier molecular flexibility index (Phi) is 7.49. The average Bonchev–Trinajstić information content (AvgIpc) is 2.13. The Hall–Kier alpha value is 0.137. The molecule has 0 N–H and O–H groups in total. The summed E-state index contributed by atoms with van der Waals surface area (Å²) in [7, 11) is 0. The second-order valence-electron chi connectivity index (χ2n) is 5.44. The number of hydrogen-bond acceptors (Lipinski definition) is 1. The molecule has 2 heteroatoms. The Morgan fingerprint density at radius 3 is 2.33 bits per heavy atom. The molecule has 0 aliphatic heterocycles. The first-order chi connectivity index (χ1) is 6.58. The molecular formula is C13H23LiO. The van der Waals surface area contributed by atoms with E-state index >= 15 is 0 Å². The first-order valence-corrected chi connectivity index (χ1v) is 5.79. The molecule has 82 valence electrons. The Bertz CT molecular complexity index is 175. The van der Waals surface area contributed by atoms with Gasteiger partial charge in [0.25, 0.3) is 0 Å². The average molecular weight is 202 g/mol. The van der Waals surface area contributed by atoms with Crippen LogP contribution in [0.25, 0.3) is 0 Å². The molecule has 0 aromatic carbocycles. The van der Waals surface area contributed by atoms with Gasteiger partial charge in [-0.15, -0.1) is 0 Å². The molecule has 1 aliphatic carbocycles. The van der Waals surface area contributed by atoms with Crippen molar-refractivity contribution in [3.63, 3.8) is 0 Å². The van der Waals surface area contributed by atoms with Crippen molar-refractivity contribution in [3.8, 4) is 0 Å². The summed E-state index contributed by atoms with van der Waals surface area (Å²) in [5, 5.41) is 0. The smallest absolute Gasteiger partial charge is 0.693 e. The molecule has 0 atom stereocenters. The summed E-state index contributed by atoms with van der Waals surface area (Å²) in [5.74, 6) is 0.782. The normalized spacial score (nSPS) is 18.9. The van der Waals surface area contributed by atoms with E-state index in [0.29, 0.717) is 0 Å². The second kappa shape index (κ2) is 7.42. The fraction of sp³-hybridized carbons (Fsp3) is 0.846. The van der Waals surface area contributed by atoms with E-state index in [9.17, 15) is 0 Å². The molecular weight excluding hydrogens is 179 g/mol. The molecule has 0 bridgehead atoms. The van der Waals surface area contributed by atoms with Gasteiger partial charge in [-0.2, -0.15) is 0 Å². The quantitative estimate of drug-likeness (QED) is 0.376. The van der Waals surface area contributed by atoms with Gasteiger partial charge >= 0.3 is 18.9 Å². The zero-order valence-corrected chi connectivity index (χ0v) is 10.8. The van der Waals surface area contributed by atoms with Gasteiger partial charge in [-0.25, -0.2) is 6.08 Å². The molecule has 1 saturated carbocycles. The van der Waals surface area contributed by atoms with E-state index in [0.717, 1.165) is 12.5 Å². The number of allylic oxidation sites excluding steroid dienone is 1. The summed E-state index contributed by atoms with van der Waals surface area (Å²) in [6.07, 6.45) is 11.8. The predicted molar refractivity (Wildman–Crippen MR) is 59.8 cm³/mol. The first-order valence-electron chi connectivity index (χ1n) is 5.79. The van der Waals surface area contributed by atoms with Crippen LogP contribution in [0, 0.1) is 17.6 Å². The van der Waals surface area contributed by atoms with Crippen LogP contribution in [0.5, 0.6) is 0 Å². The molecule has 0 radical (unpaired) electrons. The maximum atomic E-state index is 5.44. The third-order valence-corrected chi connectivity index (χ3v) is 2.62. The van der Waals surface area contributed by atoms with Crippen LogP contribution in [0.4, 0.5) is 0 Å². The number of hydrogen-bond donors (Lipinski definition) is 0. The van der Waals surface area contributed by atoms with Crippen molar-refractivity contribution in [2.24, 2.45) is 11.3 Å². The molecule has 0 amide bonds. The summed E-state index contributed by atoms with van der Waals surface area (Å²) < 4.78 is 5.44. The molecule has 0 unspecified atom stereocenters. The molecule has 1 nitrogen and oxygen atoms in total. The van der Waals surface area contributed by atoms with Gasteiger partial charge in [-0.1, -0.05) is 40.0 Å². The van der Waals surface area contributed by atoms with Crippen molar-refractivity contribution in [2.75, 3.05) is 6.61 Å². The third kappa shape index (κ3) is 8.00. The van der Waals surface area contributed by atoms with Crippen molar-refractivity contribution in [3.05, 3.63) is 12.3 Å². The van der Waals surface area contributed by atoms with Gasteiger partial charge in [0.15, 0.2) is 0 Å².